The van der Waals surface area contributed by atoms with Crippen LogP contribution in [-0.2, 0) is 17.2 Å². The number of benzene rings is 1. The smallest absolute Gasteiger partial charge is 0.0955 e. The molecule has 102 valence electrons. The zero-order chi connectivity index (χ0) is 13.5. The summed E-state index contributed by atoms with van der Waals surface area (Å²) in [5, 5.41) is 0. The monoisotopic (exact) mass is 259 g/mol. The molecule has 1 aliphatic heterocycles. The van der Waals surface area contributed by atoms with Crippen molar-refractivity contribution in [3.05, 3.63) is 30.1 Å². The van der Waals surface area contributed by atoms with Crippen molar-refractivity contribution in [1.82, 2.24) is 9.55 Å². The molecule has 4 heteroatoms. The number of aryl methyl sites for hydroxylation is 1. The highest BCUT2D eigenvalue weighted by Crippen LogP contribution is 2.41. The lowest BCUT2D eigenvalue weighted by Crippen LogP contribution is -2.54. The highest BCUT2D eigenvalue weighted by molar-refractivity contribution is 5.76. The predicted molar refractivity (Wildman–Crippen MR) is 76.0 cm³/mol. The Morgan fingerprint density at radius 3 is 2.84 bits per heavy atom. The number of aromatic nitrogens is 2. The van der Waals surface area contributed by atoms with E-state index in [1.807, 2.05) is 17.9 Å². The van der Waals surface area contributed by atoms with Crippen LogP contribution in [0.5, 0.6) is 0 Å². The van der Waals surface area contributed by atoms with Gasteiger partial charge in [-0.1, -0.05) is 19.4 Å². The SMILES string of the molecule is CCC(CN)C1(c2ccc3c(c2)ncn3C)COC1. The molecule has 0 radical (unpaired) electrons. The highest BCUT2D eigenvalue weighted by Gasteiger charge is 2.45. The Morgan fingerprint density at radius 2 is 2.26 bits per heavy atom. The summed E-state index contributed by atoms with van der Waals surface area (Å²) < 4.78 is 7.56. The number of rotatable bonds is 4. The Hall–Kier alpha value is -1.39. The average molecular weight is 259 g/mol. The molecule has 0 saturated carbocycles. The van der Waals surface area contributed by atoms with Gasteiger partial charge in [0.15, 0.2) is 0 Å². The first-order valence-electron chi connectivity index (χ1n) is 6.90. The summed E-state index contributed by atoms with van der Waals surface area (Å²) in [6, 6.07) is 6.57. The van der Waals surface area contributed by atoms with Crippen molar-refractivity contribution >= 4 is 11.0 Å². The van der Waals surface area contributed by atoms with Crippen LogP contribution in [0, 0.1) is 5.92 Å². The van der Waals surface area contributed by atoms with Gasteiger partial charge < -0.3 is 15.0 Å². The zero-order valence-corrected chi connectivity index (χ0v) is 11.6. The minimum Gasteiger partial charge on any atom is -0.379 e. The maximum absolute atomic E-state index is 5.96. The molecule has 1 fully saturated rings. The molecular weight excluding hydrogens is 238 g/mol. The molecule has 1 aromatic carbocycles. The van der Waals surface area contributed by atoms with E-state index < -0.39 is 0 Å². The minimum atomic E-state index is 0.0925. The quantitative estimate of drug-likeness (QED) is 0.911. The lowest BCUT2D eigenvalue weighted by atomic mass is 9.67. The van der Waals surface area contributed by atoms with Gasteiger partial charge >= 0.3 is 0 Å². The first-order chi connectivity index (χ1) is 9.21. The summed E-state index contributed by atoms with van der Waals surface area (Å²) in [6.45, 7) is 4.47. The summed E-state index contributed by atoms with van der Waals surface area (Å²) in [6.07, 6.45) is 2.94. The first-order valence-corrected chi connectivity index (χ1v) is 6.90. The molecule has 1 unspecified atom stereocenters. The molecule has 2 aromatic rings. The van der Waals surface area contributed by atoms with E-state index in [0.717, 1.165) is 25.2 Å². The second kappa shape index (κ2) is 4.62. The predicted octanol–water partition coefficient (Wildman–Crippen LogP) is 1.83. The number of ether oxygens (including phenoxy) is 1. The zero-order valence-electron chi connectivity index (χ0n) is 11.6. The molecular formula is C15H21N3O. The molecule has 2 heterocycles. The van der Waals surface area contributed by atoms with E-state index in [-0.39, 0.29) is 5.41 Å². The molecule has 0 amide bonds. The Balaban J connectivity index is 2.06. The molecule has 3 rings (SSSR count). The van der Waals surface area contributed by atoms with E-state index in [0.29, 0.717) is 12.5 Å². The third kappa shape index (κ3) is 1.78. The van der Waals surface area contributed by atoms with Crippen LogP contribution in [-0.4, -0.2) is 29.3 Å². The molecule has 1 saturated heterocycles. The molecule has 0 spiro atoms. The van der Waals surface area contributed by atoms with Crippen molar-refractivity contribution in [3.8, 4) is 0 Å². The second-order valence-electron chi connectivity index (χ2n) is 5.55. The van der Waals surface area contributed by atoms with E-state index >= 15 is 0 Å². The van der Waals surface area contributed by atoms with Crippen molar-refractivity contribution in [3.63, 3.8) is 0 Å². The standard InChI is InChI=1S/C15H21N3O/c1-3-11(7-16)15(8-19-9-15)12-4-5-14-13(6-12)17-10-18(14)2/h4-6,10-11H,3,7-9,16H2,1-2H3. The maximum Gasteiger partial charge on any atom is 0.0955 e. The van der Waals surface area contributed by atoms with Crippen LogP contribution >= 0.6 is 0 Å². The third-order valence-electron chi connectivity index (χ3n) is 4.58. The molecule has 1 aromatic heterocycles. The van der Waals surface area contributed by atoms with Crippen molar-refractivity contribution in [2.75, 3.05) is 19.8 Å². The van der Waals surface area contributed by atoms with Gasteiger partial charge in [0.1, 0.15) is 0 Å². The topological polar surface area (TPSA) is 53.1 Å². The Labute approximate surface area is 113 Å². The average Bonchev–Trinajstić information content (AvgIpc) is 2.75. The fourth-order valence-corrected chi connectivity index (χ4v) is 3.19. The number of hydrogen-bond donors (Lipinski definition) is 1. The lowest BCUT2D eigenvalue weighted by molar-refractivity contribution is -0.0897. The first kappa shape index (κ1) is 12.6. The van der Waals surface area contributed by atoms with Gasteiger partial charge in [0.2, 0.25) is 0 Å². The summed E-state index contributed by atoms with van der Waals surface area (Å²) >= 11 is 0. The van der Waals surface area contributed by atoms with Crippen molar-refractivity contribution in [1.29, 1.82) is 0 Å². The van der Waals surface area contributed by atoms with Crippen LogP contribution in [0.1, 0.15) is 18.9 Å². The molecule has 0 aliphatic carbocycles. The van der Waals surface area contributed by atoms with Crippen molar-refractivity contribution in [2.24, 2.45) is 18.7 Å². The van der Waals surface area contributed by atoms with Crippen LogP contribution in [0.2, 0.25) is 0 Å². The van der Waals surface area contributed by atoms with Crippen LogP contribution in [0.25, 0.3) is 11.0 Å². The molecule has 19 heavy (non-hydrogen) atoms. The van der Waals surface area contributed by atoms with E-state index in [4.69, 9.17) is 10.5 Å². The second-order valence-corrected chi connectivity index (χ2v) is 5.55. The van der Waals surface area contributed by atoms with E-state index in [9.17, 15) is 0 Å². The summed E-state index contributed by atoms with van der Waals surface area (Å²) in [5.41, 5.74) is 9.59. The summed E-state index contributed by atoms with van der Waals surface area (Å²) in [4.78, 5) is 4.45. The van der Waals surface area contributed by atoms with E-state index in [2.05, 4.69) is 30.1 Å². The maximum atomic E-state index is 5.96. The normalized spacial score (nSPS) is 19.3. The Kier molecular flexibility index (Phi) is 3.07. The fourth-order valence-electron chi connectivity index (χ4n) is 3.19. The number of nitrogens with zero attached hydrogens (tertiary/aromatic N) is 2. The van der Waals surface area contributed by atoms with Gasteiger partial charge in [-0.15, -0.1) is 0 Å². The largest absolute Gasteiger partial charge is 0.379 e. The summed E-state index contributed by atoms with van der Waals surface area (Å²) in [7, 11) is 2.02. The summed E-state index contributed by atoms with van der Waals surface area (Å²) in [5.74, 6) is 0.474. The van der Waals surface area contributed by atoms with Crippen molar-refractivity contribution < 1.29 is 4.74 Å². The number of nitrogens with two attached hydrogens (primary N) is 1. The molecule has 0 bridgehead atoms. The Bertz CT molecular complexity index is 582. The van der Waals surface area contributed by atoms with Gasteiger partial charge in [-0.3, -0.25) is 0 Å². The van der Waals surface area contributed by atoms with E-state index in [1.54, 1.807) is 0 Å². The van der Waals surface area contributed by atoms with Gasteiger partial charge in [0, 0.05) is 12.5 Å². The van der Waals surface area contributed by atoms with Gasteiger partial charge in [-0.2, -0.15) is 0 Å². The molecule has 4 nitrogen and oxygen atoms in total. The van der Waals surface area contributed by atoms with Crippen LogP contribution < -0.4 is 5.73 Å². The molecule has 1 atom stereocenters. The Morgan fingerprint density at radius 1 is 1.47 bits per heavy atom. The van der Waals surface area contributed by atoms with Gasteiger partial charge in [-0.05, 0) is 30.2 Å². The van der Waals surface area contributed by atoms with Gasteiger partial charge in [0.25, 0.3) is 0 Å². The van der Waals surface area contributed by atoms with Crippen LogP contribution in [0.3, 0.4) is 0 Å². The number of hydrogen-bond acceptors (Lipinski definition) is 3. The number of imidazole rings is 1. The fraction of sp³-hybridized carbons (Fsp3) is 0.533. The van der Waals surface area contributed by atoms with Crippen LogP contribution in [0.15, 0.2) is 24.5 Å². The lowest BCUT2D eigenvalue weighted by Gasteiger charge is -2.47. The minimum absolute atomic E-state index is 0.0925. The number of fused-ring (bicyclic) bond motifs is 1. The molecule has 2 N–H and O–H groups in total. The third-order valence-corrected chi connectivity index (χ3v) is 4.58. The van der Waals surface area contributed by atoms with Gasteiger partial charge in [0.05, 0.1) is 30.6 Å². The highest BCUT2D eigenvalue weighted by atomic mass is 16.5. The van der Waals surface area contributed by atoms with Gasteiger partial charge in [-0.25, -0.2) is 4.98 Å². The molecule has 1 aliphatic rings. The van der Waals surface area contributed by atoms with Crippen LogP contribution in [0.4, 0.5) is 0 Å². The van der Waals surface area contributed by atoms with E-state index in [1.165, 1.54) is 11.1 Å². The van der Waals surface area contributed by atoms with Crippen molar-refractivity contribution in [2.45, 2.75) is 18.8 Å².